The van der Waals surface area contributed by atoms with Crippen molar-refractivity contribution in [3.05, 3.63) is 35.3 Å². The van der Waals surface area contributed by atoms with E-state index in [0.717, 1.165) is 21.1 Å². The first kappa shape index (κ1) is 9.18. The smallest absolute Gasteiger partial charge is 0.0822 e. The summed E-state index contributed by atoms with van der Waals surface area (Å²) in [6.45, 7) is 0.576. The Morgan fingerprint density at radius 3 is 2.79 bits per heavy atom. The molecule has 0 aromatic carbocycles. The van der Waals surface area contributed by atoms with Crippen molar-refractivity contribution in [2.45, 2.75) is 6.54 Å². The van der Waals surface area contributed by atoms with Crippen molar-refractivity contribution in [3.8, 4) is 10.6 Å². The summed E-state index contributed by atoms with van der Waals surface area (Å²) in [5, 5.41) is 0. The summed E-state index contributed by atoms with van der Waals surface area (Å²) >= 11 is 1.65. The number of hydrogen-bond donors (Lipinski definition) is 2. The highest BCUT2D eigenvalue weighted by Gasteiger charge is 2.02. The Balaban J connectivity index is 2.39. The Bertz CT molecular complexity index is 436. The van der Waals surface area contributed by atoms with Crippen molar-refractivity contribution in [2.24, 2.45) is 5.73 Å². The number of pyridine rings is 1. The van der Waals surface area contributed by atoms with E-state index in [9.17, 15) is 0 Å². The molecule has 0 fully saturated rings. The SMILES string of the molecule is NCc1ccc(-c2cc(N)ccn2)s1. The van der Waals surface area contributed by atoms with Crippen LogP contribution in [0.25, 0.3) is 10.6 Å². The second kappa shape index (κ2) is 3.77. The molecule has 0 spiro atoms. The van der Waals surface area contributed by atoms with Crippen LogP contribution in [0.2, 0.25) is 0 Å². The van der Waals surface area contributed by atoms with Crippen LogP contribution in [-0.4, -0.2) is 4.98 Å². The summed E-state index contributed by atoms with van der Waals surface area (Å²) in [5.41, 5.74) is 12.9. The Morgan fingerprint density at radius 2 is 2.14 bits per heavy atom. The third kappa shape index (κ3) is 1.76. The topological polar surface area (TPSA) is 64.9 Å². The molecule has 2 aromatic rings. The zero-order valence-electron chi connectivity index (χ0n) is 7.60. The molecule has 0 atom stereocenters. The van der Waals surface area contributed by atoms with Gasteiger partial charge in [0, 0.05) is 23.3 Å². The van der Waals surface area contributed by atoms with Crippen molar-refractivity contribution in [1.29, 1.82) is 0 Å². The molecule has 4 heteroatoms. The van der Waals surface area contributed by atoms with Gasteiger partial charge in [0.25, 0.3) is 0 Å². The largest absolute Gasteiger partial charge is 0.399 e. The van der Waals surface area contributed by atoms with Gasteiger partial charge in [-0.25, -0.2) is 0 Å². The normalized spacial score (nSPS) is 10.4. The van der Waals surface area contributed by atoms with Gasteiger partial charge in [0.15, 0.2) is 0 Å². The molecule has 0 saturated carbocycles. The summed E-state index contributed by atoms with van der Waals surface area (Å²) in [6, 6.07) is 7.69. The summed E-state index contributed by atoms with van der Waals surface area (Å²) in [4.78, 5) is 6.51. The molecular weight excluding hydrogens is 194 g/mol. The molecule has 2 aromatic heterocycles. The average molecular weight is 205 g/mol. The van der Waals surface area contributed by atoms with Gasteiger partial charge in [-0.05, 0) is 24.3 Å². The molecule has 2 rings (SSSR count). The van der Waals surface area contributed by atoms with E-state index in [1.165, 1.54) is 0 Å². The van der Waals surface area contributed by atoms with Gasteiger partial charge >= 0.3 is 0 Å². The predicted octanol–water partition coefficient (Wildman–Crippen LogP) is 1.85. The number of anilines is 1. The van der Waals surface area contributed by atoms with Gasteiger partial charge in [0.1, 0.15) is 0 Å². The van der Waals surface area contributed by atoms with Crippen LogP contribution in [-0.2, 0) is 6.54 Å². The molecule has 2 heterocycles. The van der Waals surface area contributed by atoms with Crippen LogP contribution in [0.3, 0.4) is 0 Å². The zero-order chi connectivity index (χ0) is 9.97. The van der Waals surface area contributed by atoms with Gasteiger partial charge < -0.3 is 11.5 Å². The van der Waals surface area contributed by atoms with Crippen molar-refractivity contribution >= 4 is 17.0 Å². The first-order valence-corrected chi connectivity index (χ1v) is 5.12. The van der Waals surface area contributed by atoms with E-state index in [-0.39, 0.29) is 0 Å². The third-order valence-corrected chi connectivity index (χ3v) is 3.03. The van der Waals surface area contributed by atoms with Crippen LogP contribution in [0, 0.1) is 0 Å². The number of nitrogens with two attached hydrogens (primary N) is 2. The van der Waals surface area contributed by atoms with Crippen LogP contribution in [0.4, 0.5) is 5.69 Å². The van der Waals surface area contributed by atoms with Gasteiger partial charge in [-0.2, -0.15) is 0 Å². The Hall–Kier alpha value is -1.39. The first-order valence-electron chi connectivity index (χ1n) is 4.30. The van der Waals surface area contributed by atoms with Crippen LogP contribution >= 0.6 is 11.3 Å². The minimum Gasteiger partial charge on any atom is -0.399 e. The molecule has 72 valence electrons. The van der Waals surface area contributed by atoms with Crippen molar-refractivity contribution in [3.63, 3.8) is 0 Å². The van der Waals surface area contributed by atoms with Crippen LogP contribution in [0.1, 0.15) is 4.88 Å². The lowest BCUT2D eigenvalue weighted by molar-refractivity contribution is 1.11. The Labute approximate surface area is 86.4 Å². The molecular formula is C10H11N3S. The summed E-state index contributed by atoms with van der Waals surface area (Å²) in [6.07, 6.45) is 1.71. The van der Waals surface area contributed by atoms with E-state index in [2.05, 4.69) is 4.98 Å². The van der Waals surface area contributed by atoms with E-state index < -0.39 is 0 Å². The minimum absolute atomic E-state index is 0.576. The number of hydrogen-bond acceptors (Lipinski definition) is 4. The fraction of sp³-hybridized carbons (Fsp3) is 0.100. The van der Waals surface area contributed by atoms with E-state index in [1.54, 1.807) is 23.6 Å². The minimum atomic E-state index is 0.576. The number of nitrogen functional groups attached to an aromatic ring is 1. The van der Waals surface area contributed by atoms with E-state index in [0.29, 0.717) is 6.54 Å². The second-order valence-electron chi connectivity index (χ2n) is 2.94. The van der Waals surface area contributed by atoms with Crippen molar-refractivity contribution in [1.82, 2.24) is 4.98 Å². The van der Waals surface area contributed by atoms with Crippen LogP contribution in [0.5, 0.6) is 0 Å². The second-order valence-corrected chi connectivity index (χ2v) is 4.11. The Kier molecular flexibility index (Phi) is 2.47. The zero-order valence-corrected chi connectivity index (χ0v) is 8.42. The predicted molar refractivity (Wildman–Crippen MR) is 59.9 cm³/mol. The molecule has 0 aliphatic carbocycles. The summed E-state index contributed by atoms with van der Waals surface area (Å²) in [7, 11) is 0. The molecule has 0 bridgehead atoms. The fourth-order valence-corrected chi connectivity index (χ4v) is 2.06. The van der Waals surface area contributed by atoms with E-state index >= 15 is 0 Å². The molecule has 0 aliphatic heterocycles. The molecule has 14 heavy (non-hydrogen) atoms. The molecule has 0 unspecified atom stereocenters. The van der Waals surface area contributed by atoms with E-state index in [4.69, 9.17) is 11.5 Å². The van der Waals surface area contributed by atoms with E-state index in [1.807, 2.05) is 18.2 Å². The fourth-order valence-electron chi connectivity index (χ4n) is 1.21. The number of rotatable bonds is 2. The molecule has 3 nitrogen and oxygen atoms in total. The molecule has 0 saturated heterocycles. The molecule has 0 aliphatic rings. The molecule has 0 radical (unpaired) electrons. The van der Waals surface area contributed by atoms with Crippen molar-refractivity contribution < 1.29 is 0 Å². The van der Waals surface area contributed by atoms with Gasteiger partial charge in [0.05, 0.1) is 10.6 Å². The number of thiophene rings is 1. The van der Waals surface area contributed by atoms with Gasteiger partial charge in [-0.3, -0.25) is 4.98 Å². The average Bonchev–Trinajstić information content (AvgIpc) is 2.66. The standard InChI is InChI=1S/C10H11N3S/c11-6-8-1-2-10(14-8)9-5-7(12)3-4-13-9/h1-5H,6,11H2,(H2,12,13). The highest BCUT2D eigenvalue weighted by atomic mass is 32.1. The van der Waals surface area contributed by atoms with Crippen molar-refractivity contribution in [2.75, 3.05) is 5.73 Å². The first-order chi connectivity index (χ1) is 6.79. The lowest BCUT2D eigenvalue weighted by atomic mass is 10.3. The molecule has 4 N–H and O–H groups in total. The van der Waals surface area contributed by atoms with Gasteiger partial charge in [-0.15, -0.1) is 11.3 Å². The van der Waals surface area contributed by atoms with Gasteiger partial charge in [0.2, 0.25) is 0 Å². The maximum Gasteiger partial charge on any atom is 0.0822 e. The third-order valence-electron chi connectivity index (χ3n) is 1.90. The maximum atomic E-state index is 5.68. The van der Waals surface area contributed by atoms with Crippen LogP contribution < -0.4 is 11.5 Å². The number of aromatic nitrogens is 1. The monoisotopic (exact) mass is 205 g/mol. The highest BCUT2D eigenvalue weighted by molar-refractivity contribution is 7.15. The lowest BCUT2D eigenvalue weighted by Crippen LogP contribution is -1.91. The quantitative estimate of drug-likeness (QED) is 0.786. The lowest BCUT2D eigenvalue weighted by Gasteiger charge is -1.97. The summed E-state index contributed by atoms with van der Waals surface area (Å²) < 4.78 is 0. The van der Waals surface area contributed by atoms with Gasteiger partial charge in [-0.1, -0.05) is 0 Å². The number of nitrogens with zero attached hydrogens (tertiary/aromatic N) is 1. The van der Waals surface area contributed by atoms with Crippen LogP contribution in [0.15, 0.2) is 30.5 Å². The maximum absolute atomic E-state index is 5.68. The summed E-state index contributed by atoms with van der Waals surface area (Å²) in [5.74, 6) is 0. The Morgan fingerprint density at radius 1 is 1.29 bits per heavy atom. The molecule has 0 amide bonds. The highest BCUT2D eigenvalue weighted by Crippen LogP contribution is 2.26.